The summed E-state index contributed by atoms with van der Waals surface area (Å²) in [7, 11) is 3.30. The number of nitrogens with one attached hydrogen (secondary N) is 2. The van der Waals surface area contributed by atoms with E-state index in [1.807, 2.05) is 12.1 Å². The maximum absolute atomic E-state index is 12.2. The summed E-state index contributed by atoms with van der Waals surface area (Å²) in [4.78, 5) is 26.0. The van der Waals surface area contributed by atoms with E-state index in [9.17, 15) is 9.59 Å². The summed E-state index contributed by atoms with van der Waals surface area (Å²) >= 11 is 12.1. The van der Waals surface area contributed by atoms with Crippen LogP contribution in [0.15, 0.2) is 42.5 Å². The largest absolute Gasteiger partial charge is 0.495 e. The Morgan fingerprint density at radius 1 is 1.00 bits per heavy atom. The quantitative estimate of drug-likeness (QED) is 0.693. The van der Waals surface area contributed by atoms with Gasteiger partial charge in [-0.3, -0.25) is 14.5 Å². The highest BCUT2D eigenvalue weighted by atomic mass is 35.5. The Bertz CT molecular complexity index is 794. The predicted octanol–water partition coefficient (Wildman–Crippen LogP) is 3.90. The molecule has 6 nitrogen and oxygen atoms in total. The molecule has 0 radical (unpaired) electrons. The highest BCUT2D eigenvalue weighted by Crippen LogP contribution is 2.29. The fraction of sp³-hybridized carbons (Fsp3) is 0.263. The fourth-order valence-corrected chi connectivity index (χ4v) is 2.87. The summed E-state index contributed by atoms with van der Waals surface area (Å²) < 4.78 is 5.20. The molecule has 0 saturated heterocycles. The number of halogens is 2. The summed E-state index contributed by atoms with van der Waals surface area (Å²) in [6, 6.07) is 12.2. The van der Waals surface area contributed by atoms with Crippen molar-refractivity contribution in [3.8, 4) is 5.75 Å². The summed E-state index contributed by atoms with van der Waals surface area (Å²) in [5, 5.41) is 6.23. The molecule has 0 atom stereocenters. The molecule has 0 unspecified atom stereocenters. The van der Waals surface area contributed by atoms with Crippen LogP contribution in [-0.4, -0.2) is 44.0 Å². The van der Waals surface area contributed by atoms with E-state index in [4.69, 9.17) is 27.9 Å². The van der Waals surface area contributed by atoms with Crippen molar-refractivity contribution in [1.29, 1.82) is 0 Å². The zero-order valence-corrected chi connectivity index (χ0v) is 16.6. The molecule has 0 aliphatic heterocycles. The Morgan fingerprint density at radius 3 is 2.33 bits per heavy atom. The molecule has 0 aliphatic rings. The van der Waals surface area contributed by atoms with Crippen LogP contribution in [0.1, 0.15) is 6.42 Å². The lowest BCUT2D eigenvalue weighted by Crippen LogP contribution is -2.32. The Morgan fingerprint density at radius 2 is 1.67 bits per heavy atom. The monoisotopic (exact) mass is 409 g/mol. The second-order valence-corrected chi connectivity index (χ2v) is 6.70. The van der Waals surface area contributed by atoms with Crippen LogP contribution in [0.3, 0.4) is 0 Å². The molecule has 0 heterocycles. The first-order valence-corrected chi connectivity index (χ1v) is 9.01. The number of carbonyl (C=O) groups excluding carboxylic acids is 2. The number of anilines is 2. The zero-order valence-electron chi connectivity index (χ0n) is 15.1. The number of hydrogen-bond acceptors (Lipinski definition) is 4. The number of para-hydroxylation sites is 3. The van der Waals surface area contributed by atoms with Crippen LogP contribution in [0.5, 0.6) is 5.75 Å². The van der Waals surface area contributed by atoms with Gasteiger partial charge in [-0.25, -0.2) is 0 Å². The number of amides is 2. The molecule has 2 aromatic rings. The van der Waals surface area contributed by atoms with Crippen LogP contribution >= 0.6 is 23.2 Å². The summed E-state index contributed by atoms with van der Waals surface area (Å²) in [5.74, 6) is 0.161. The van der Waals surface area contributed by atoms with Gasteiger partial charge in [-0.15, -0.1) is 0 Å². The summed E-state index contributed by atoms with van der Waals surface area (Å²) in [5.41, 5.74) is 0.993. The average molecular weight is 410 g/mol. The Kier molecular flexibility index (Phi) is 7.91. The van der Waals surface area contributed by atoms with E-state index in [2.05, 4.69) is 10.6 Å². The third-order valence-electron chi connectivity index (χ3n) is 3.74. The minimum Gasteiger partial charge on any atom is -0.495 e. The van der Waals surface area contributed by atoms with Crippen LogP contribution in [0.25, 0.3) is 0 Å². The van der Waals surface area contributed by atoms with Crippen molar-refractivity contribution in [1.82, 2.24) is 4.90 Å². The summed E-state index contributed by atoms with van der Waals surface area (Å²) in [6.07, 6.45) is 0.231. The number of carbonyl (C=O) groups is 2. The minimum atomic E-state index is -0.266. The number of methoxy groups -OCH3 is 1. The number of likely N-dealkylation sites (N-methyl/N-ethyl adjacent to an activating group) is 1. The van der Waals surface area contributed by atoms with Gasteiger partial charge >= 0.3 is 0 Å². The number of benzene rings is 2. The third-order valence-corrected chi connectivity index (χ3v) is 4.37. The second-order valence-electron chi connectivity index (χ2n) is 5.88. The zero-order chi connectivity index (χ0) is 19.8. The lowest BCUT2D eigenvalue weighted by Gasteiger charge is -2.17. The molecular formula is C19H21Cl2N3O3. The van der Waals surface area contributed by atoms with Crippen molar-refractivity contribution in [3.63, 3.8) is 0 Å². The number of nitrogens with zero attached hydrogens (tertiary/aromatic N) is 1. The molecule has 27 heavy (non-hydrogen) atoms. The molecule has 0 saturated carbocycles. The predicted molar refractivity (Wildman–Crippen MR) is 109 cm³/mol. The first-order chi connectivity index (χ1) is 12.9. The van der Waals surface area contributed by atoms with Crippen molar-refractivity contribution < 1.29 is 14.3 Å². The molecule has 8 heteroatoms. The molecule has 144 valence electrons. The van der Waals surface area contributed by atoms with E-state index < -0.39 is 0 Å². The topological polar surface area (TPSA) is 70.7 Å². The van der Waals surface area contributed by atoms with Crippen molar-refractivity contribution in [2.75, 3.05) is 37.9 Å². The second kappa shape index (κ2) is 10.2. The minimum absolute atomic E-state index is 0.101. The van der Waals surface area contributed by atoms with E-state index >= 15 is 0 Å². The first-order valence-electron chi connectivity index (χ1n) is 8.26. The maximum Gasteiger partial charge on any atom is 0.238 e. The summed E-state index contributed by atoms with van der Waals surface area (Å²) in [6.45, 7) is 0.508. The van der Waals surface area contributed by atoms with Gasteiger partial charge in [0.25, 0.3) is 0 Å². The van der Waals surface area contributed by atoms with E-state index in [1.165, 1.54) is 0 Å². The van der Waals surface area contributed by atoms with Crippen molar-refractivity contribution >= 4 is 46.4 Å². The lowest BCUT2D eigenvalue weighted by molar-refractivity contribution is -0.119. The van der Waals surface area contributed by atoms with Crippen LogP contribution in [0, 0.1) is 0 Å². The van der Waals surface area contributed by atoms with Gasteiger partial charge < -0.3 is 15.4 Å². The highest BCUT2D eigenvalue weighted by Gasteiger charge is 2.13. The molecular weight excluding hydrogens is 389 g/mol. The molecule has 0 fully saturated rings. The average Bonchev–Trinajstić information content (AvgIpc) is 2.63. The molecule has 0 bridgehead atoms. The van der Waals surface area contributed by atoms with Gasteiger partial charge in [-0.05, 0) is 31.3 Å². The van der Waals surface area contributed by atoms with Crippen LogP contribution in [0.2, 0.25) is 10.0 Å². The SMILES string of the molecule is COc1ccccc1NC(=O)CCN(C)CC(=O)Nc1c(Cl)cccc1Cl. The van der Waals surface area contributed by atoms with Crippen molar-refractivity contribution in [2.45, 2.75) is 6.42 Å². The van der Waals surface area contributed by atoms with Gasteiger partial charge in [-0.1, -0.05) is 41.4 Å². The van der Waals surface area contributed by atoms with E-state index in [0.717, 1.165) is 0 Å². The van der Waals surface area contributed by atoms with Crippen LogP contribution in [-0.2, 0) is 9.59 Å². The number of ether oxygens (including phenoxy) is 1. The normalized spacial score (nSPS) is 10.6. The van der Waals surface area contributed by atoms with Gasteiger partial charge in [0.2, 0.25) is 11.8 Å². The van der Waals surface area contributed by atoms with Gasteiger partial charge in [0.05, 0.1) is 35.1 Å². The van der Waals surface area contributed by atoms with E-state index in [0.29, 0.717) is 33.7 Å². The third kappa shape index (κ3) is 6.43. The van der Waals surface area contributed by atoms with Gasteiger partial charge in [-0.2, -0.15) is 0 Å². The van der Waals surface area contributed by atoms with Crippen LogP contribution in [0.4, 0.5) is 11.4 Å². The Hall–Kier alpha value is -2.28. The fourth-order valence-electron chi connectivity index (χ4n) is 2.37. The smallest absolute Gasteiger partial charge is 0.238 e. The molecule has 0 aromatic heterocycles. The molecule has 2 aromatic carbocycles. The Labute approximate surface area is 168 Å². The molecule has 0 aliphatic carbocycles. The van der Waals surface area contributed by atoms with Crippen molar-refractivity contribution in [2.24, 2.45) is 0 Å². The van der Waals surface area contributed by atoms with Gasteiger partial charge in [0.15, 0.2) is 0 Å². The molecule has 2 amide bonds. The van der Waals surface area contributed by atoms with Crippen molar-refractivity contribution in [3.05, 3.63) is 52.5 Å². The molecule has 2 rings (SSSR count). The van der Waals surface area contributed by atoms with E-state index in [-0.39, 0.29) is 24.8 Å². The Balaban J connectivity index is 1.80. The standard InChI is InChI=1S/C19H21Cl2N3O3/c1-24(12-18(26)23-19-13(20)6-5-7-14(19)21)11-10-17(25)22-15-8-3-4-9-16(15)27-2/h3-9H,10-12H2,1-2H3,(H,22,25)(H,23,26). The first kappa shape index (κ1) is 21.0. The lowest BCUT2D eigenvalue weighted by atomic mass is 10.2. The number of rotatable bonds is 8. The maximum atomic E-state index is 12.2. The van der Waals surface area contributed by atoms with Gasteiger partial charge in [0, 0.05) is 13.0 Å². The molecule has 0 spiro atoms. The van der Waals surface area contributed by atoms with E-state index in [1.54, 1.807) is 49.4 Å². The highest BCUT2D eigenvalue weighted by molar-refractivity contribution is 6.39. The van der Waals surface area contributed by atoms with Gasteiger partial charge in [0.1, 0.15) is 5.75 Å². The number of hydrogen-bond donors (Lipinski definition) is 2. The van der Waals surface area contributed by atoms with Crippen LogP contribution < -0.4 is 15.4 Å². The molecule has 2 N–H and O–H groups in total.